The summed E-state index contributed by atoms with van der Waals surface area (Å²) in [5.41, 5.74) is 1.81. The molecular weight excluding hydrogens is 372 g/mol. The van der Waals surface area contributed by atoms with E-state index >= 15 is 0 Å². The minimum absolute atomic E-state index is 0.00593. The molecule has 2 N–H and O–H groups in total. The number of hydrogen-bond acceptors (Lipinski definition) is 5. The van der Waals surface area contributed by atoms with Gasteiger partial charge in [0, 0.05) is 39.5 Å². The molecule has 1 fully saturated rings. The molecule has 0 heterocycles. The van der Waals surface area contributed by atoms with E-state index < -0.39 is 5.92 Å². The van der Waals surface area contributed by atoms with Gasteiger partial charge in [-0.2, -0.15) is 0 Å². The van der Waals surface area contributed by atoms with Gasteiger partial charge in [-0.1, -0.05) is 30.7 Å². The van der Waals surface area contributed by atoms with Crippen LogP contribution in [-0.4, -0.2) is 43.1 Å². The zero-order chi connectivity index (χ0) is 21.1. The van der Waals surface area contributed by atoms with Crippen LogP contribution in [0, 0.1) is 5.92 Å². The molecule has 0 bridgehead atoms. The van der Waals surface area contributed by atoms with Gasteiger partial charge in [-0.15, -0.1) is 0 Å². The van der Waals surface area contributed by atoms with Gasteiger partial charge in [0.25, 0.3) is 0 Å². The molecular formula is C22H30N2O5. The summed E-state index contributed by atoms with van der Waals surface area (Å²) >= 11 is 0. The van der Waals surface area contributed by atoms with E-state index in [9.17, 15) is 19.2 Å². The van der Waals surface area contributed by atoms with E-state index in [2.05, 4.69) is 10.6 Å². The predicted molar refractivity (Wildman–Crippen MR) is 108 cm³/mol. The van der Waals surface area contributed by atoms with E-state index in [-0.39, 0.29) is 36.4 Å². The van der Waals surface area contributed by atoms with Gasteiger partial charge in [0.1, 0.15) is 18.2 Å². The van der Waals surface area contributed by atoms with Crippen LogP contribution >= 0.6 is 0 Å². The fourth-order valence-corrected chi connectivity index (χ4v) is 3.28. The van der Waals surface area contributed by atoms with E-state index in [0.29, 0.717) is 39.0 Å². The Morgan fingerprint density at radius 3 is 2.48 bits per heavy atom. The number of Topliss-reactive ketones (excluding diaryl/α,β-unsaturated/α-hetero) is 2. The van der Waals surface area contributed by atoms with E-state index in [0.717, 1.165) is 24.0 Å². The van der Waals surface area contributed by atoms with Gasteiger partial charge in [-0.25, -0.2) is 0 Å². The minimum atomic E-state index is -0.430. The third kappa shape index (κ3) is 8.56. The molecule has 0 radical (unpaired) electrons. The minimum Gasteiger partial charge on any atom is -0.372 e. The van der Waals surface area contributed by atoms with Crippen molar-refractivity contribution < 1.29 is 23.9 Å². The molecule has 0 aromatic heterocycles. The Morgan fingerprint density at radius 1 is 1.07 bits per heavy atom. The second kappa shape index (κ2) is 12.1. The topological polar surface area (TPSA) is 102 Å². The summed E-state index contributed by atoms with van der Waals surface area (Å²) in [6, 6.07) is 7.48. The molecule has 1 unspecified atom stereocenters. The Hall–Kier alpha value is -2.54. The molecule has 29 heavy (non-hydrogen) atoms. The summed E-state index contributed by atoms with van der Waals surface area (Å²) in [5.74, 6) is -0.634. The molecule has 7 heteroatoms. The van der Waals surface area contributed by atoms with Crippen molar-refractivity contribution in [3.63, 3.8) is 0 Å². The zero-order valence-corrected chi connectivity index (χ0v) is 17.0. The van der Waals surface area contributed by atoms with Crippen LogP contribution in [0.3, 0.4) is 0 Å². The van der Waals surface area contributed by atoms with Crippen molar-refractivity contribution in [1.82, 2.24) is 10.6 Å². The second-order valence-electron chi connectivity index (χ2n) is 7.39. The zero-order valence-electron chi connectivity index (χ0n) is 17.0. The lowest BCUT2D eigenvalue weighted by molar-refractivity contribution is -0.134. The average Bonchev–Trinajstić information content (AvgIpc) is 2.70. The van der Waals surface area contributed by atoms with Crippen molar-refractivity contribution >= 4 is 23.4 Å². The SMILES string of the molecule is CC(=O)NCCCOCC(=O)NCc1ccc(CC(=O)C2CCCCC2=O)cc1. The molecule has 1 aliphatic carbocycles. The summed E-state index contributed by atoms with van der Waals surface area (Å²) in [7, 11) is 0. The number of hydrogen-bond donors (Lipinski definition) is 2. The highest BCUT2D eigenvalue weighted by Crippen LogP contribution is 2.22. The molecule has 1 saturated carbocycles. The number of carbonyl (C=O) groups is 4. The molecule has 0 saturated heterocycles. The molecule has 1 aromatic carbocycles. The van der Waals surface area contributed by atoms with E-state index in [1.807, 2.05) is 24.3 Å². The highest BCUT2D eigenvalue weighted by molar-refractivity contribution is 6.03. The van der Waals surface area contributed by atoms with Crippen molar-refractivity contribution in [3.05, 3.63) is 35.4 Å². The summed E-state index contributed by atoms with van der Waals surface area (Å²) < 4.78 is 5.27. The predicted octanol–water partition coefficient (Wildman–Crippen LogP) is 1.72. The average molecular weight is 402 g/mol. The van der Waals surface area contributed by atoms with Crippen LogP contribution in [0.15, 0.2) is 24.3 Å². The molecule has 2 amide bonds. The Kier molecular flexibility index (Phi) is 9.50. The van der Waals surface area contributed by atoms with Crippen molar-refractivity contribution in [3.8, 4) is 0 Å². The quantitative estimate of drug-likeness (QED) is 0.433. The standard InChI is InChI=1S/C22H30N2O5/c1-16(25)23-11-4-12-29-15-22(28)24-14-18-9-7-17(8-10-18)13-21(27)19-5-2-3-6-20(19)26/h7-10,19H,2-6,11-15H2,1H3,(H,23,25)(H,24,28). The van der Waals surface area contributed by atoms with Crippen LogP contribution in [0.5, 0.6) is 0 Å². The first-order chi connectivity index (χ1) is 14.0. The molecule has 1 aliphatic rings. The fourth-order valence-electron chi connectivity index (χ4n) is 3.28. The van der Waals surface area contributed by atoms with Gasteiger partial charge in [0.15, 0.2) is 0 Å². The van der Waals surface area contributed by atoms with Gasteiger partial charge in [0.05, 0.1) is 5.92 Å². The van der Waals surface area contributed by atoms with Crippen LogP contribution in [0.25, 0.3) is 0 Å². The van der Waals surface area contributed by atoms with Crippen LogP contribution in [0.2, 0.25) is 0 Å². The van der Waals surface area contributed by atoms with Crippen LogP contribution in [-0.2, 0) is 36.9 Å². The number of ketones is 2. The Labute approximate surface area is 171 Å². The van der Waals surface area contributed by atoms with E-state index in [1.54, 1.807) is 0 Å². The molecule has 1 aromatic rings. The Morgan fingerprint density at radius 2 is 1.79 bits per heavy atom. The maximum atomic E-state index is 12.4. The van der Waals surface area contributed by atoms with Gasteiger partial charge < -0.3 is 15.4 Å². The molecule has 7 nitrogen and oxygen atoms in total. The van der Waals surface area contributed by atoms with Gasteiger partial charge in [-0.3, -0.25) is 19.2 Å². The van der Waals surface area contributed by atoms with Gasteiger partial charge >= 0.3 is 0 Å². The normalized spacial score (nSPS) is 16.3. The lowest BCUT2D eigenvalue weighted by Gasteiger charge is -2.19. The van der Waals surface area contributed by atoms with Crippen LogP contribution < -0.4 is 10.6 Å². The fraction of sp³-hybridized carbons (Fsp3) is 0.545. The number of rotatable bonds is 11. The van der Waals surface area contributed by atoms with Crippen molar-refractivity contribution in [2.75, 3.05) is 19.8 Å². The summed E-state index contributed by atoms with van der Waals surface area (Å²) in [5, 5.41) is 5.44. The first-order valence-electron chi connectivity index (χ1n) is 10.2. The smallest absolute Gasteiger partial charge is 0.246 e. The van der Waals surface area contributed by atoms with Crippen LogP contribution in [0.4, 0.5) is 0 Å². The molecule has 2 rings (SSSR count). The van der Waals surface area contributed by atoms with Gasteiger partial charge in [0.2, 0.25) is 11.8 Å². The molecule has 1 atom stereocenters. The number of ether oxygens (including phenoxy) is 1. The third-order valence-electron chi connectivity index (χ3n) is 4.91. The highest BCUT2D eigenvalue weighted by Gasteiger charge is 2.28. The first-order valence-corrected chi connectivity index (χ1v) is 10.2. The molecule has 158 valence electrons. The molecule has 0 aliphatic heterocycles. The maximum absolute atomic E-state index is 12.4. The van der Waals surface area contributed by atoms with Crippen LogP contribution in [0.1, 0.15) is 50.2 Å². The van der Waals surface area contributed by atoms with E-state index in [1.165, 1.54) is 6.92 Å². The number of carbonyl (C=O) groups excluding carboxylic acids is 4. The molecule has 0 spiro atoms. The lowest BCUT2D eigenvalue weighted by Crippen LogP contribution is -2.28. The summed E-state index contributed by atoms with van der Waals surface area (Å²) in [4.78, 5) is 46.8. The number of benzene rings is 1. The monoisotopic (exact) mass is 402 g/mol. The third-order valence-corrected chi connectivity index (χ3v) is 4.91. The van der Waals surface area contributed by atoms with Crippen molar-refractivity contribution in [2.45, 2.75) is 52.0 Å². The second-order valence-corrected chi connectivity index (χ2v) is 7.39. The largest absolute Gasteiger partial charge is 0.372 e. The number of nitrogens with one attached hydrogen (secondary N) is 2. The Bertz CT molecular complexity index is 714. The van der Waals surface area contributed by atoms with Gasteiger partial charge in [-0.05, 0) is 30.4 Å². The summed E-state index contributed by atoms with van der Waals surface area (Å²) in [6.07, 6.45) is 3.96. The van der Waals surface area contributed by atoms with Crippen molar-refractivity contribution in [1.29, 1.82) is 0 Å². The number of amides is 2. The highest BCUT2D eigenvalue weighted by atomic mass is 16.5. The maximum Gasteiger partial charge on any atom is 0.246 e. The Balaban J connectivity index is 1.65. The van der Waals surface area contributed by atoms with Crippen molar-refractivity contribution in [2.24, 2.45) is 5.92 Å². The summed E-state index contributed by atoms with van der Waals surface area (Å²) in [6.45, 7) is 2.74. The lowest BCUT2D eigenvalue weighted by atomic mass is 9.83. The first kappa shape index (κ1) is 22.7. The van der Waals surface area contributed by atoms with E-state index in [4.69, 9.17) is 4.74 Å².